The lowest BCUT2D eigenvalue weighted by Crippen LogP contribution is -2.13. The number of nitrogens with two attached hydrogens (primary N) is 2. The fourth-order valence-electron chi connectivity index (χ4n) is 4.41. The second kappa shape index (κ2) is 9.36. The number of aromatic nitrogens is 3. The molecule has 0 amide bonds. The van der Waals surface area contributed by atoms with Gasteiger partial charge in [0.2, 0.25) is 5.88 Å². The third kappa shape index (κ3) is 4.94. The number of benzene rings is 1. The van der Waals surface area contributed by atoms with Gasteiger partial charge in [0.1, 0.15) is 0 Å². The molecule has 34 heavy (non-hydrogen) atoms. The summed E-state index contributed by atoms with van der Waals surface area (Å²) in [7, 11) is -3.83. The van der Waals surface area contributed by atoms with Crippen molar-refractivity contribution in [3.63, 3.8) is 0 Å². The number of hydrogen-bond acceptors (Lipinski definition) is 7. The number of rotatable bonds is 10. The van der Waals surface area contributed by atoms with Crippen LogP contribution in [-0.2, 0) is 34.2 Å². The number of pyridine rings is 1. The van der Waals surface area contributed by atoms with Crippen LogP contribution in [0.25, 0.3) is 11.1 Å². The number of nitrogen functional groups attached to an aromatic ring is 1. The van der Waals surface area contributed by atoms with Gasteiger partial charge in [-0.25, -0.2) is 18.5 Å². The van der Waals surface area contributed by atoms with Crippen molar-refractivity contribution < 1.29 is 17.9 Å². The van der Waals surface area contributed by atoms with Crippen molar-refractivity contribution in [2.75, 3.05) is 18.9 Å². The van der Waals surface area contributed by atoms with Crippen molar-refractivity contribution in [3.8, 4) is 17.0 Å². The molecule has 1 aromatic carbocycles. The molecule has 5 rings (SSSR count). The summed E-state index contributed by atoms with van der Waals surface area (Å²) < 4.78 is 36.5. The molecular weight excluding hydrogens is 454 g/mol. The molecule has 4 N–H and O–H groups in total. The van der Waals surface area contributed by atoms with Crippen LogP contribution in [0.15, 0.2) is 41.6 Å². The quantitative estimate of drug-likeness (QED) is 0.334. The number of ether oxygens (including phenoxy) is 2. The summed E-state index contributed by atoms with van der Waals surface area (Å²) in [6.45, 7) is 1.17. The number of sulfonamides is 1. The van der Waals surface area contributed by atoms with E-state index in [1.807, 2.05) is 12.1 Å². The first-order valence-electron chi connectivity index (χ1n) is 11.6. The van der Waals surface area contributed by atoms with Gasteiger partial charge in [0.05, 0.1) is 31.6 Å². The first-order chi connectivity index (χ1) is 16.4. The van der Waals surface area contributed by atoms with Crippen molar-refractivity contribution in [2.24, 2.45) is 5.14 Å². The van der Waals surface area contributed by atoms with Crippen LogP contribution in [0.1, 0.15) is 48.5 Å². The number of hydrogen-bond donors (Lipinski definition) is 2. The predicted molar refractivity (Wildman–Crippen MR) is 128 cm³/mol. The molecule has 2 aliphatic carbocycles. The van der Waals surface area contributed by atoms with Gasteiger partial charge in [-0.15, -0.1) is 0 Å². The van der Waals surface area contributed by atoms with E-state index >= 15 is 0 Å². The number of anilines is 1. The maximum Gasteiger partial charge on any atom is 0.257 e. The molecule has 0 saturated heterocycles. The van der Waals surface area contributed by atoms with Gasteiger partial charge in [-0.2, -0.15) is 5.10 Å². The molecule has 0 spiro atoms. The highest BCUT2D eigenvalue weighted by Gasteiger charge is 2.29. The Morgan fingerprint density at radius 1 is 1.12 bits per heavy atom. The van der Waals surface area contributed by atoms with E-state index in [0.29, 0.717) is 31.2 Å². The summed E-state index contributed by atoms with van der Waals surface area (Å²) in [4.78, 5) is 4.31. The van der Waals surface area contributed by atoms with E-state index in [1.54, 1.807) is 10.9 Å². The molecule has 0 aliphatic heterocycles. The van der Waals surface area contributed by atoms with Crippen LogP contribution in [0.5, 0.6) is 5.88 Å². The normalized spacial score (nSPS) is 15.4. The van der Waals surface area contributed by atoms with Gasteiger partial charge in [-0.1, -0.05) is 12.1 Å². The third-order valence-electron chi connectivity index (χ3n) is 6.28. The lowest BCUT2D eigenvalue weighted by atomic mass is 9.98. The summed E-state index contributed by atoms with van der Waals surface area (Å²) in [5, 5.41) is 9.24. The highest BCUT2D eigenvalue weighted by Crippen LogP contribution is 2.37. The fourth-order valence-corrected chi connectivity index (χ4v) is 4.91. The van der Waals surface area contributed by atoms with Crippen LogP contribution in [0.4, 0.5) is 5.69 Å². The summed E-state index contributed by atoms with van der Waals surface area (Å²) in [6, 6.07) is 9.84. The van der Waals surface area contributed by atoms with Gasteiger partial charge in [-0.3, -0.25) is 4.68 Å². The van der Waals surface area contributed by atoms with Crippen molar-refractivity contribution in [3.05, 3.63) is 53.3 Å². The molecular formula is C24H29N5O4S. The van der Waals surface area contributed by atoms with Crippen LogP contribution in [0, 0.1) is 0 Å². The molecule has 2 heterocycles. The average molecular weight is 484 g/mol. The lowest BCUT2D eigenvalue weighted by molar-refractivity contribution is 0.101. The van der Waals surface area contributed by atoms with Gasteiger partial charge in [0.25, 0.3) is 10.0 Å². The third-order valence-corrected chi connectivity index (χ3v) is 7.06. The Morgan fingerprint density at radius 2 is 1.97 bits per heavy atom. The monoisotopic (exact) mass is 483 g/mol. The van der Waals surface area contributed by atoms with Crippen LogP contribution >= 0.6 is 0 Å². The van der Waals surface area contributed by atoms with Gasteiger partial charge in [0, 0.05) is 36.0 Å². The van der Waals surface area contributed by atoms with Gasteiger partial charge >= 0.3 is 0 Å². The van der Waals surface area contributed by atoms with Crippen LogP contribution in [-0.4, -0.2) is 36.4 Å². The van der Waals surface area contributed by atoms with E-state index in [-0.39, 0.29) is 17.7 Å². The van der Waals surface area contributed by atoms with Gasteiger partial charge < -0.3 is 15.2 Å². The highest BCUT2D eigenvalue weighted by atomic mass is 32.2. The molecule has 0 unspecified atom stereocenters. The molecule has 180 valence electrons. The molecule has 1 saturated carbocycles. The van der Waals surface area contributed by atoms with E-state index in [0.717, 1.165) is 48.9 Å². The first-order valence-corrected chi connectivity index (χ1v) is 13.1. The Morgan fingerprint density at radius 3 is 2.76 bits per heavy atom. The van der Waals surface area contributed by atoms with Gasteiger partial charge in [-0.05, 0) is 54.9 Å². The zero-order chi connectivity index (χ0) is 23.7. The van der Waals surface area contributed by atoms with E-state index in [2.05, 4.69) is 22.2 Å². The molecule has 2 aliphatic rings. The molecule has 0 bridgehead atoms. The molecule has 3 aromatic rings. The van der Waals surface area contributed by atoms with Crippen LogP contribution in [0.2, 0.25) is 0 Å². The van der Waals surface area contributed by atoms with E-state index in [1.165, 1.54) is 17.2 Å². The molecule has 9 nitrogen and oxygen atoms in total. The summed E-state index contributed by atoms with van der Waals surface area (Å²) in [5.41, 5.74) is 12.7. The number of aryl methyl sites for hydroxylation is 1. The Labute approximate surface area is 199 Å². The largest absolute Gasteiger partial charge is 0.478 e. The second-order valence-electron chi connectivity index (χ2n) is 8.85. The zero-order valence-electron chi connectivity index (χ0n) is 18.9. The van der Waals surface area contributed by atoms with Crippen molar-refractivity contribution >= 4 is 15.7 Å². The topological polar surface area (TPSA) is 135 Å². The van der Waals surface area contributed by atoms with Crippen LogP contribution in [0.3, 0.4) is 0 Å². The average Bonchev–Trinajstić information content (AvgIpc) is 3.36. The smallest absolute Gasteiger partial charge is 0.257 e. The summed E-state index contributed by atoms with van der Waals surface area (Å²) in [5.74, 6) is 0.544. The van der Waals surface area contributed by atoms with Crippen molar-refractivity contribution in [2.45, 2.75) is 56.2 Å². The molecule has 1 fully saturated rings. The first kappa shape index (κ1) is 22.8. The van der Waals surface area contributed by atoms with Crippen molar-refractivity contribution in [1.29, 1.82) is 0 Å². The van der Waals surface area contributed by atoms with E-state index in [9.17, 15) is 8.42 Å². The molecule has 10 heteroatoms. The lowest BCUT2D eigenvalue weighted by Gasteiger charge is -2.12. The highest BCUT2D eigenvalue weighted by molar-refractivity contribution is 7.89. The Bertz CT molecular complexity index is 1300. The number of primary sulfonamides is 1. The molecule has 0 radical (unpaired) electrons. The van der Waals surface area contributed by atoms with Gasteiger partial charge in [0.15, 0.2) is 5.03 Å². The van der Waals surface area contributed by atoms with Crippen LogP contribution < -0.4 is 15.6 Å². The predicted octanol–water partition coefficient (Wildman–Crippen LogP) is 2.98. The van der Waals surface area contributed by atoms with E-state index in [4.69, 9.17) is 20.3 Å². The van der Waals surface area contributed by atoms with E-state index < -0.39 is 10.0 Å². The Kier molecular flexibility index (Phi) is 6.28. The molecule has 2 aromatic heterocycles. The number of nitrogens with zero attached hydrogens (tertiary/aromatic N) is 3. The fraction of sp³-hybridized carbons (Fsp3) is 0.417. The number of fused-ring (bicyclic) bond motifs is 1. The summed E-state index contributed by atoms with van der Waals surface area (Å²) in [6.07, 6.45) is 7.65. The zero-order valence-corrected chi connectivity index (χ0v) is 19.8. The Balaban J connectivity index is 1.13. The maximum absolute atomic E-state index is 11.6. The summed E-state index contributed by atoms with van der Waals surface area (Å²) >= 11 is 0. The standard InChI is InChI=1S/C24H29N5O4S/c25-24-20-4-1-3-16(20)5-8-21(24)17-9-10-27-22(13-17)33-12-2-11-32-15-19-14-23(34(26,30)31)28-29(19)18-6-7-18/h5,8-10,13-14,18H,1-4,6-7,11-12,15,25H2,(H2,26,30,31). The maximum atomic E-state index is 11.6. The Hall–Kier alpha value is -2.95. The molecule has 0 atom stereocenters. The minimum absolute atomic E-state index is 0.115. The minimum atomic E-state index is -3.83. The second-order valence-corrected chi connectivity index (χ2v) is 10.4. The van der Waals surface area contributed by atoms with Crippen molar-refractivity contribution in [1.82, 2.24) is 14.8 Å². The minimum Gasteiger partial charge on any atom is -0.478 e. The SMILES string of the molecule is Nc1c(-c2ccnc(OCCCOCc3cc(S(N)(=O)=O)nn3C3CC3)c2)ccc2c1CCC2.